The zero-order valence-corrected chi connectivity index (χ0v) is 9.43. The highest BCUT2D eigenvalue weighted by Crippen LogP contribution is 2.14. The molecule has 1 N–H and O–H groups in total. The number of aromatic nitrogens is 3. The van der Waals surface area contributed by atoms with E-state index in [1.54, 1.807) is 18.2 Å². The number of esters is 1. The van der Waals surface area contributed by atoms with E-state index in [4.69, 9.17) is 0 Å². The van der Waals surface area contributed by atoms with Gasteiger partial charge in [0, 0.05) is 0 Å². The van der Waals surface area contributed by atoms with Crippen LogP contribution in [-0.2, 0) is 4.74 Å². The van der Waals surface area contributed by atoms with Crippen molar-refractivity contribution in [3.8, 4) is 5.69 Å². The van der Waals surface area contributed by atoms with E-state index in [1.165, 1.54) is 18.1 Å². The minimum absolute atomic E-state index is 0.352. The summed E-state index contributed by atoms with van der Waals surface area (Å²) in [5.41, 5.74) is 1.42. The van der Waals surface area contributed by atoms with Crippen LogP contribution >= 0.6 is 0 Å². The summed E-state index contributed by atoms with van der Waals surface area (Å²) in [4.78, 5) is 25.3. The Morgan fingerprint density at radius 3 is 2.82 bits per heavy atom. The quantitative estimate of drug-likeness (QED) is 0.773. The lowest BCUT2D eigenvalue weighted by atomic mass is 10.1. The van der Waals surface area contributed by atoms with Crippen molar-refractivity contribution in [2.45, 2.75) is 6.92 Å². The minimum Gasteiger partial charge on any atom is -0.465 e. The lowest BCUT2D eigenvalue weighted by Gasteiger charge is -2.06. The number of carbonyl (C=O) groups excluding carboxylic acids is 1. The number of hydrogen-bond donors (Lipinski definition) is 1. The summed E-state index contributed by atoms with van der Waals surface area (Å²) < 4.78 is 5.82. The number of nitrogens with one attached hydrogen (secondary N) is 1. The van der Waals surface area contributed by atoms with Gasteiger partial charge in [-0.3, -0.25) is 4.98 Å². The smallest absolute Gasteiger partial charge is 0.347 e. The summed E-state index contributed by atoms with van der Waals surface area (Å²) in [7, 11) is 1.31. The van der Waals surface area contributed by atoms with Crippen LogP contribution in [0.2, 0.25) is 0 Å². The molecule has 0 spiro atoms. The first kappa shape index (κ1) is 11.1. The zero-order chi connectivity index (χ0) is 12.4. The first-order chi connectivity index (χ1) is 8.13. The standard InChI is InChI=1S/C11H11N3O3/c1-7-3-4-8(10(15)17-2)5-9(7)14-11(16)12-6-13-14/h3-6H,1-2H3,(H,12,13,16). The monoisotopic (exact) mass is 233 g/mol. The molecule has 0 fully saturated rings. The molecule has 1 aromatic heterocycles. The van der Waals surface area contributed by atoms with Crippen molar-refractivity contribution in [1.29, 1.82) is 0 Å². The molecular weight excluding hydrogens is 222 g/mol. The van der Waals surface area contributed by atoms with E-state index in [0.29, 0.717) is 11.3 Å². The molecule has 1 heterocycles. The predicted octanol–water partition coefficient (Wildman–Crippen LogP) is 0.656. The van der Waals surface area contributed by atoms with Gasteiger partial charge in [-0.2, -0.15) is 9.78 Å². The number of aryl methyl sites for hydroxylation is 1. The van der Waals surface area contributed by atoms with E-state index in [2.05, 4.69) is 14.8 Å². The van der Waals surface area contributed by atoms with Crippen molar-refractivity contribution >= 4 is 5.97 Å². The second-order valence-electron chi connectivity index (χ2n) is 3.50. The normalized spacial score (nSPS) is 10.2. The fourth-order valence-electron chi connectivity index (χ4n) is 1.51. The van der Waals surface area contributed by atoms with Crippen molar-refractivity contribution in [2.24, 2.45) is 0 Å². The lowest BCUT2D eigenvalue weighted by molar-refractivity contribution is 0.0600. The number of ether oxygens (including phenoxy) is 1. The Labute approximate surface area is 96.8 Å². The number of carbonyl (C=O) groups is 1. The third-order valence-corrected chi connectivity index (χ3v) is 2.41. The van der Waals surface area contributed by atoms with E-state index < -0.39 is 5.97 Å². The number of benzene rings is 1. The van der Waals surface area contributed by atoms with Crippen LogP contribution in [0.4, 0.5) is 0 Å². The molecule has 17 heavy (non-hydrogen) atoms. The Kier molecular flexibility index (Phi) is 2.78. The first-order valence-corrected chi connectivity index (χ1v) is 4.95. The van der Waals surface area contributed by atoms with Gasteiger partial charge in [0.1, 0.15) is 6.33 Å². The molecule has 6 heteroatoms. The van der Waals surface area contributed by atoms with Gasteiger partial charge < -0.3 is 4.74 Å². The van der Waals surface area contributed by atoms with Gasteiger partial charge in [-0.25, -0.2) is 9.59 Å². The van der Waals surface area contributed by atoms with Crippen molar-refractivity contribution in [3.63, 3.8) is 0 Å². The number of H-pyrrole nitrogens is 1. The Balaban J connectivity index is 2.58. The Morgan fingerprint density at radius 1 is 1.47 bits per heavy atom. The summed E-state index contributed by atoms with van der Waals surface area (Å²) in [5, 5.41) is 3.87. The maximum Gasteiger partial charge on any atom is 0.347 e. The highest BCUT2D eigenvalue weighted by molar-refractivity contribution is 5.90. The van der Waals surface area contributed by atoms with E-state index in [9.17, 15) is 9.59 Å². The van der Waals surface area contributed by atoms with Crippen LogP contribution in [0.1, 0.15) is 15.9 Å². The van der Waals surface area contributed by atoms with Crippen LogP contribution < -0.4 is 5.69 Å². The van der Waals surface area contributed by atoms with E-state index in [0.717, 1.165) is 5.56 Å². The molecular formula is C11H11N3O3. The molecule has 0 saturated heterocycles. The van der Waals surface area contributed by atoms with Gasteiger partial charge in [-0.05, 0) is 24.6 Å². The maximum atomic E-state index is 11.5. The third kappa shape index (κ3) is 1.96. The fourth-order valence-corrected chi connectivity index (χ4v) is 1.51. The molecule has 0 bridgehead atoms. The van der Waals surface area contributed by atoms with E-state index in [1.807, 2.05) is 6.92 Å². The molecule has 0 aliphatic rings. The van der Waals surface area contributed by atoms with Crippen molar-refractivity contribution in [3.05, 3.63) is 46.1 Å². The Morgan fingerprint density at radius 2 is 2.24 bits per heavy atom. The van der Waals surface area contributed by atoms with Gasteiger partial charge in [-0.1, -0.05) is 6.07 Å². The highest BCUT2D eigenvalue weighted by Gasteiger charge is 2.11. The van der Waals surface area contributed by atoms with Crippen LogP contribution in [0.25, 0.3) is 5.69 Å². The number of rotatable bonds is 2. The fraction of sp³-hybridized carbons (Fsp3) is 0.182. The minimum atomic E-state index is -0.449. The van der Waals surface area contributed by atoms with Crippen LogP contribution in [0.15, 0.2) is 29.3 Å². The SMILES string of the molecule is COC(=O)c1ccc(C)c(-n2nc[nH]c2=O)c1. The molecule has 2 rings (SSSR count). The zero-order valence-electron chi connectivity index (χ0n) is 9.43. The van der Waals surface area contributed by atoms with Gasteiger partial charge >= 0.3 is 11.7 Å². The Bertz CT molecular complexity index is 612. The summed E-state index contributed by atoms with van der Waals surface area (Å²) >= 11 is 0. The number of nitrogens with zero attached hydrogens (tertiary/aromatic N) is 2. The molecule has 0 aliphatic heterocycles. The van der Waals surface area contributed by atoms with E-state index >= 15 is 0 Å². The van der Waals surface area contributed by atoms with E-state index in [-0.39, 0.29) is 5.69 Å². The molecule has 0 atom stereocenters. The van der Waals surface area contributed by atoms with Crippen LogP contribution in [-0.4, -0.2) is 27.8 Å². The van der Waals surface area contributed by atoms with Gasteiger partial charge in [0.15, 0.2) is 0 Å². The maximum absolute atomic E-state index is 11.5. The number of aromatic amines is 1. The van der Waals surface area contributed by atoms with Gasteiger partial charge in [-0.15, -0.1) is 0 Å². The van der Waals surface area contributed by atoms with Crippen molar-refractivity contribution in [1.82, 2.24) is 14.8 Å². The largest absolute Gasteiger partial charge is 0.465 e. The summed E-state index contributed by atoms with van der Waals surface area (Å²) in [6.45, 7) is 1.83. The molecule has 0 saturated carbocycles. The third-order valence-electron chi connectivity index (χ3n) is 2.41. The van der Waals surface area contributed by atoms with Gasteiger partial charge in [0.25, 0.3) is 0 Å². The molecule has 0 amide bonds. The van der Waals surface area contributed by atoms with Crippen LogP contribution in [0.5, 0.6) is 0 Å². The molecule has 6 nitrogen and oxygen atoms in total. The molecule has 0 unspecified atom stereocenters. The highest BCUT2D eigenvalue weighted by atomic mass is 16.5. The molecule has 1 aromatic carbocycles. The summed E-state index contributed by atoms with van der Waals surface area (Å²) in [6.07, 6.45) is 1.30. The summed E-state index contributed by atoms with van der Waals surface area (Å²) in [6, 6.07) is 4.95. The average molecular weight is 233 g/mol. The predicted molar refractivity (Wildman–Crippen MR) is 60.3 cm³/mol. The molecule has 0 aliphatic carbocycles. The van der Waals surface area contributed by atoms with Crippen LogP contribution in [0.3, 0.4) is 0 Å². The molecule has 2 aromatic rings. The summed E-state index contributed by atoms with van der Waals surface area (Å²) in [5.74, 6) is -0.449. The van der Waals surface area contributed by atoms with Crippen LogP contribution in [0, 0.1) is 6.92 Å². The van der Waals surface area contributed by atoms with Gasteiger partial charge in [0.2, 0.25) is 0 Å². The number of hydrogen-bond acceptors (Lipinski definition) is 4. The second-order valence-corrected chi connectivity index (χ2v) is 3.50. The van der Waals surface area contributed by atoms with Gasteiger partial charge in [0.05, 0.1) is 18.4 Å². The first-order valence-electron chi connectivity index (χ1n) is 4.95. The topological polar surface area (TPSA) is 77.0 Å². The second kappa shape index (κ2) is 4.25. The molecule has 0 radical (unpaired) electrons. The average Bonchev–Trinajstić information content (AvgIpc) is 2.75. The Hall–Kier alpha value is -2.37. The van der Waals surface area contributed by atoms with Crippen molar-refractivity contribution in [2.75, 3.05) is 7.11 Å². The molecule has 88 valence electrons. The number of methoxy groups -OCH3 is 1. The van der Waals surface area contributed by atoms with Crippen molar-refractivity contribution < 1.29 is 9.53 Å². The lowest BCUT2D eigenvalue weighted by Crippen LogP contribution is -2.17.